The summed E-state index contributed by atoms with van der Waals surface area (Å²) in [6.07, 6.45) is 5.41. The van der Waals surface area contributed by atoms with Crippen LogP contribution in [0.5, 0.6) is 11.5 Å². The summed E-state index contributed by atoms with van der Waals surface area (Å²) in [6.45, 7) is 2.05. The van der Waals surface area contributed by atoms with Gasteiger partial charge < -0.3 is 24.3 Å². The van der Waals surface area contributed by atoms with E-state index in [2.05, 4.69) is 5.32 Å². The van der Waals surface area contributed by atoms with E-state index in [1.165, 1.54) is 19.4 Å². The molecule has 1 spiro atoms. The number of ether oxygens (including phenoxy) is 2. The lowest BCUT2D eigenvalue weighted by molar-refractivity contribution is -0.121. The van der Waals surface area contributed by atoms with Crippen molar-refractivity contribution in [3.63, 3.8) is 0 Å². The number of fused-ring (bicyclic) bond motifs is 1. The molecule has 1 amide bonds. The van der Waals surface area contributed by atoms with E-state index in [-0.39, 0.29) is 35.0 Å². The van der Waals surface area contributed by atoms with Gasteiger partial charge in [0.2, 0.25) is 11.3 Å². The number of aromatic nitrogens is 1. The van der Waals surface area contributed by atoms with Crippen LogP contribution < -0.4 is 25.1 Å². The third kappa shape index (κ3) is 3.23. The summed E-state index contributed by atoms with van der Waals surface area (Å²) >= 11 is 0. The van der Waals surface area contributed by atoms with Crippen LogP contribution in [0.2, 0.25) is 0 Å². The maximum absolute atomic E-state index is 15.4. The third-order valence-electron chi connectivity index (χ3n) is 6.82. The van der Waals surface area contributed by atoms with Crippen molar-refractivity contribution < 1.29 is 23.5 Å². The predicted molar refractivity (Wildman–Crippen MR) is 111 cm³/mol. The van der Waals surface area contributed by atoms with Crippen molar-refractivity contribution in [2.24, 2.45) is 5.41 Å². The normalized spacial score (nSPS) is 20.2. The molecular formula is C22H24FN3O5. The lowest BCUT2D eigenvalue weighted by Crippen LogP contribution is -2.41. The van der Waals surface area contributed by atoms with Gasteiger partial charge in [-0.25, -0.2) is 4.39 Å². The second kappa shape index (κ2) is 7.25. The van der Waals surface area contributed by atoms with E-state index in [1.54, 1.807) is 0 Å². The zero-order valence-corrected chi connectivity index (χ0v) is 17.3. The van der Waals surface area contributed by atoms with Crippen molar-refractivity contribution in [3.05, 3.63) is 28.3 Å². The summed E-state index contributed by atoms with van der Waals surface area (Å²) < 4.78 is 27.8. The van der Waals surface area contributed by atoms with Crippen molar-refractivity contribution in [2.75, 3.05) is 31.6 Å². The number of carbonyl (C=O) groups is 2. The molecule has 1 aromatic carbocycles. The highest BCUT2D eigenvalue weighted by molar-refractivity contribution is 5.92. The summed E-state index contributed by atoms with van der Waals surface area (Å²) in [4.78, 5) is 37.3. The molecule has 2 aliphatic heterocycles. The SMILES string of the molecule is COc1c(N2CCC3(CC2)CNC(=O)C3)c(F)cc2c(=O)c(OC=O)cn(C3CC3)c12. The van der Waals surface area contributed by atoms with Crippen LogP contribution in [-0.2, 0) is 9.59 Å². The van der Waals surface area contributed by atoms with E-state index < -0.39 is 11.2 Å². The molecular weight excluding hydrogens is 405 g/mol. The first-order valence-electron chi connectivity index (χ1n) is 10.5. The Labute approximate surface area is 177 Å². The number of carbonyl (C=O) groups excluding carboxylic acids is 2. The summed E-state index contributed by atoms with van der Waals surface area (Å²) in [7, 11) is 1.47. The Morgan fingerprint density at radius 2 is 2.00 bits per heavy atom. The molecule has 3 fully saturated rings. The lowest BCUT2D eigenvalue weighted by atomic mass is 9.77. The Morgan fingerprint density at radius 1 is 1.26 bits per heavy atom. The van der Waals surface area contributed by atoms with Crippen LogP contribution in [-0.4, -0.2) is 43.7 Å². The highest BCUT2D eigenvalue weighted by Gasteiger charge is 2.42. The highest BCUT2D eigenvalue weighted by atomic mass is 19.1. The number of halogens is 1. The van der Waals surface area contributed by atoms with Gasteiger partial charge >= 0.3 is 0 Å². The van der Waals surface area contributed by atoms with Crippen molar-refractivity contribution >= 4 is 29.0 Å². The lowest BCUT2D eigenvalue weighted by Gasteiger charge is -2.40. The average Bonchev–Trinajstić information content (AvgIpc) is 3.54. The molecule has 164 valence electrons. The first kappa shape index (κ1) is 19.8. The Balaban J connectivity index is 1.61. The number of anilines is 1. The van der Waals surface area contributed by atoms with Gasteiger partial charge in [-0.1, -0.05) is 0 Å². The predicted octanol–water partition coefficient (Wildman–Crippen LogP) is 2.13. The Hall–Kier alpha value is -3.10. The van der Waals surface area contributed by atoms with Crippen LogP contribution in [0, 0.1) is 11.2 Å². The second-order valence-electron chi connectivity index (χ2n) is 8.75. The molecule has 0 unspecified atom stereocenters. The van der Waals surface area contributed by atoms with Crippen molar-refractivity contribution in [3.8, 4) is 11.5 Å². The van der Waals surface area contributed by atoms with Gasteiger partial charge in [-0.2, -0.15) is 0 Å². The van der Waals surface area contributed by atoms with Gasteiger partial charge in [0.25, 0.3) is 6.47 Å². The fraction of sp³-hybridized carbons (Fsp3) is 0.500. The van der Waals surface area contributed by atoms with Gasteiger partial charge in [-0.3, -0.25) is 14.4 Å². The summed E-state index contributed by atoms with van der Waals surface area (Å²) in [6, 6.07) is 1.36. The topological polar surface area (TPSA) is 89.9 Å². The van der Waals surface area contributed by atoms with E-state index in [4.69, 9.17) is 9.47 Å². The number of hydrogen-bond acceptors (Lipinski definition) is 6. The summed E-state index contributed by atoms with van der Waals surface area (Å²) in [5.74, 6) is -0.288. The minimum atomic E-state index is -0.552. The molecule has 3 heterocycles. The van der Waals surface area contributed by atoms with Gasteiger partial charge in [0.05, 0.1) is 24.2 Å². The number of hydrogen-bond donors (Lipinski definition) is 1. The van der Waals surface area contributed by atoms with E-state index in [0.29, 0.717) is 43.0 Å². The second-order valence-corrected chi connectivity index (χ2v) is 8.75. The number of pyridine rings is 1. The molecule has 0 atom stereocenters. The first-order chi connectivity index (χ1) is 15.0. The van der Waals surface area contributed by atoms with Gasteiger partial charge in [0.15, 0.2) is 17.3 Å². The average molecular weight is 429 g/mol. The molecule has 8 nitrogen and oxygen atoms in total. The third-order valence-corrected chi connectivity index (χ3v) is 6.82. The van der Waals surface area contributed by atoms with E-state index >= 15 is 4.39 Å². The molecule has 3 aliphatic rings. The number of methoxy groups -OCH3 is 1. The monoisotopic (exact) mass is 429 g/mol. The standard InChI is InChI=1S/C22H24FN3O5/c1-30-21-18-14(20(29)16(31-12-27)10-26(18)13-2-3-13)8-15(23)19(21)25-6-4-22(5-7-25)9-17(28)24-11-22/h8,10,12-13H,2-7,9,11H2,1H3,(H,24,28). The number of amides is 1. The molecule has 1 saturated carbocycles. The van der Waals surface area contributed by atoms with Gasteiger partial charge in [-0.05, 0) is 37.2 Å². The maximum atomic E-state index is 15.4. The van der Waals surface area contributed by atoms with Crippen LogP contribution in [0.15, 0.2) is 17.1 Å². The zero-order valence-electron chi connectivity index (χ0n) is 17.3. The molecule has 2 saturated heterocycles. The molecule has 9 heteroatoms. The maximum Gasteiger partial charge on any atom is 0.298 e. The van der Waals surface area contributed by atoms with Crippen molar-refractivity contribution in [1.29, 1.82) is 0 Å². The van der Waals surface area contributed by atoms with Crippen molar-refractivity contribution in [1.82, 2.24) is 9.88 Å². The van der Waals surface area contributed by atoms with Crippen LogP contribution >= 0.6 is 0 Å². The number of piperidine rings is 1. The quantitative estimate of drug-likeness (QED) is 0.733. The fourth-order valence-electron chi connectivity index (χ4n) is 4.99. The smallest absolute Gasteiger partial charge is 0.298 e. The zero-order chi connectivity index (χ0) is 21.8. The molecule has 0 bridgehead atoms. The largest absolute Gasteiger partial charge is 0.492 e. The highest BCUT2D eigenvalue weighted by Crippen LogP contribution is 2.46. The fourth-order valence-corrected chi connectivity index (χ4v) is 4.99. The molecule has 1 aliphatic carbocycles. The minimum Gasteiger partial charge on any atom is -0.492 e. The van der Waals surface area contributed by atoms with Crippen molar-refractivity contribution in [2.45, 2.75) is 38.1 Å². The number of rotatable bonds is 5. The molecule has 5 rings (SSSR count). The number of benzene rings is 1. The van der Waals surface area contributed by atoms with E-state index in [0.717, 1.165) is 25.7 Å². The van der Waals surface area contributed by atoms with Gasteiger partial charge in [0.1, 0.15) is 5.69 Å². The number of nitrogens with zero attached hydrogens (tertiary/aromatic N) is 2. The molecule has 31 heavy (non-hydrogen) atoms. The Kier molecular flexibility index (Phi) is 4.64. The van der Waals surface area contributed by atoms with E-state index in [9.17, 15) is 14.4 Å². The first-order valence-corrected chi connectivity index (χ1v) is 10.5. The molecule has 1 N–H and O–H groups in total. The molecule has 1 aromatic heterocycles. The molecule has 0 radical (unpaired) electrons. The Bertz CT molecular complexity index is 1130. The van der Waals surface area contributed by atoms with Crippen LogP contribution in [0.3, 0.4) is 0 Å². The Morgan fingerprint density at radius 3 is 2.58 bits per heavy atom. The van der Waals surface area contributed by atoms with E-state index in [1.807, 2.05) is 9.47 Å². The minimum absolute atomic E-state index is 0.0642. The summed E-state index contributed by atoms with van der Waals surface area (Å²) in [5.41, 5.74) is 0.240. The van der Waals surface area contributed by atoms with Gasteiger partial charge in [0, 0.05) is 32.1 Å². The number of nitrogens with one attached hydrogen (secondary N) is 1. The van der Waals surface area contributed by atoms with Gasteiger partial charge in [-0.15, -0.1) is 0 Å². The van der Waals surface area contributed by atoms with Crippen LogP contribution in [0.1, 0.15) is 38.1 Å². The van der Waals surface area contributed by atoms with Crippen LogP contribution in [0.25, 0.3) is 10.9 Å². The van der Waals surface area contributed by atoms with Crippen LogP contribution in [0.4, 0.5) is 10.1 Å². The summed E-state index contributed by atoms with van der Waals surface area (Å²) in [5, 5.41) is 3.04. The molecule has 2 aromatic rings.